The minimum Gasteiger partial charge on any atom is -0.310 e. The van der Waals surface area contributed by atoms with Crippen molar-refractivity contribution in [3.8, 4) is 0 Å². The van der Waals surface area contributed by atoms with E-state index in [9.17, 15) is 0 Å². The molecule has 0 bridgehead atoms. The van der Waals surface area contributed by atoms with E-state index in [1.807, 2.05) is 0 Å². The molecule has 0 saturated heterocycles. The highest BCUT2D eigenvalue weighted by atomic mass is 15.1. The van der Waals surface area contributed by atoms with Crippen molar-refractivity contribution in [2.45, 2.75) is 39.5 Å². The summed E-state index contributed by atoms with van der Waals surface area (Å²) < 4.78 is 0. The van der Waals surface area contributed by atoms with E-state index < -0.39 is 0 Å². The van der Waals surface area contributed by atoms with Crippen molar-refractivity contribution in [3.05, 3.63) is 256 Å². The highest BCUT2D eigenvalue weighted by Gasteiger charge is 2.19. The summed E-state index contributed by atoms with van der Waals surface area (Å²) in [5, 5.41) is 2.44. The van der Waals surface area contributed by atoms with Gasteiger partial charge in [-0.2, -0.15) is 0 Å². The summed E-state index contributed by atoms with van der Waals surface area (Å²) in [6.45, 7) is 4.29. The van der Waals surface area contributed by atoms with Crippen LogP contribution in [-0.2, 0) is 12.8 Å². The molecule has 0 radical (unpaired) electrons. The second-order valence-corrected chi connectivity index (χ2v) is 15.8. The molecule has 9 rings (SSSR count). The summed E-state index contributed by atoms with van der Waals surface area (Å²) >= 11 is 0. The van der Waals surface area contributed by atoms with E-state index in [0.717, 1.165) is 18.5 Å². The van der Waals surface area contributed by atoms with Gasteiger partial charge in [-0.25, -0.2) is 0 Å². The van der Waals surface area contributed by atoms with Gasteiger partial charge in [0.25, 0.3) is 0 Å². The third-order valence-electron chi connectivity index (χ3n) is 11.7. The van der Waals surface area contributed by atoms with E-state index >= 15 is 0 Å². The van der Waals surface area contributed by atoms with Crippen LogP contribution in [0.5, 0.6) is 0 Å². The van der Waals surface area contributed by atoms with E-state index in [4.69, 9.17) is 0 Å². The fourth-order valence-corrected chi connectivity index (χ4v) is 8.46. The average molecular weight is 760 g/mol. The molecule has 0 spiro atoms. The summed E-state index contributed by atoms with van der Waals surface area (Å²) in [6, 6.07) is 68.7. The van der Waals surface area contributed by atoms with E-state index in [1.165, 1.54) is 102 Å². The number of fused-ring (bicyclic) bond motifs is 2. The second kappa shape index (κ2) is 17.3. The predicted molar refractivity (Wildman–Crippen MR) is 254 cm³/mol. The van der Waals surface area contributed by atoms with Crippen molar-refractivity contribution < 1.29 is 0 Å². The zero-order valence-electron chi connectivity index (χ0n) is 34.0. The van der Waals surface area contributed by atoms with Crippen LogP contribution in [0.25, 0.3) is 34.1 Å². The predicted octanol–water partition coefficient (Wildman–Crippen LogP) is 15.5. The van der Waals surface area contributed by atoms with Crippen LogP contribution in [0.3, 0.4) is 0 Å². The molecule has 59 heavy (non-hydrogen) atoms. The highest BCUT2D eigenvalue weighted by molar-refractivity contribution is 6.03. The van der Waals surface area contributed by atoms with Gasteiger partial charge in [0.15, 0.2) is 0 Å². The Bertz CT molecular complexity index is 2700. The van der Waals surface area contributed by atoms with Gasteiger partial charge < -0.3 is 4.90 Å². The minimum atomic E-state index is 1.13. The summed E-state index contributed by atoms with van der Waals surface area (Å²) in [7, 11) is 0. The summed E-state index contributed by atoms with van der Waals surface area (Å²) in [5.74, 6) is 0. The molecule has 0 heterocycles. The Labute approximate surface area is 350 Å². The summed E-state index contributed by atoms with van der Waals surface area (Å²) in [6.07, 6.45) is 13.8. The van der Waals surface area contributed by atoms with Crippen molar-refractivity contribution in [1.29, 1.82) is 0 Å². The van der Waals surface area contributed by atoms with Crippen LogP contribution in [0, 0.1) is 13.8 Å². The summed E-state index contributed by atoms with van der Waals surface area (Å²) in [5.41, 5.74) is 18.6. The maximum absolute atomic E-state index is 2.46. The first-order valence-electron chi connectivity index (χ1n) is 21.0. The first-order valence-corrected chi connectivity index (χ1v) is 21.0. The van der Waals surface area contributed by atoms with E-state index in [-0.39, 0.29) is 0 Å². The average Bonchev–Trinajstić information content (AvgIpc) is 3.29. The number of hydrogen-bond donors (Lipinski definition) is 0. The van der Waals surface area contributed by atoms with Crippen LogP contribution in [0.15, 0.2) is 200 Å². The lowest BCUT2D eigenvalue weighted by Gasteiger charge is -2.29. The molecule has 0 saturated carbocycles. The number of anilines is 3. The quantitative estimate of drug-likeness (QED) is 0.0991. The first kappa shape index (κ1) is 37.6. The maximum Gasteiger partial charge on any atom is 0.0540 e. The van der Waals surface area contributed by atoms with Crippen molar-refractivity contribution in [2.75, 3.05) is 4.90 Å². The Kier molecular flexibility index (Phi) is 11.0. The molecule has 0 unspecified atom stereocenters. The zero-order valence-corrected chi connectivity index (χ0v) is 34.0. The molecule has 1 aliphatic carbocycles. The largest absolute Gasteiger partial charge is 0.310 e. The molecule has 0 amide bonds. The van der Waals surface area contributed by atoms with Crippen LogP contribution in [0.2, 0.25) is 0 Å². The molecule has 0 aromatic heterocycles. The third-order valence-corrected chi connectivity index (χ3v) is 11.7. The van der Waals surface area contributed by atoms with Crippen LogP contribution >= 0.6 is 0 Å². The molecule has 0 N–H and O–H groups in total. The van der Waals surface area contributed by atoms with Crippen molar-refractivity contribution >= 4 is 51.1 Å². The number of benzene rings is 8. The lowest BCUT2D eigenvalue weighted by Crippen LogP contribution is -2.12. The minimum absolute atomic E-state index is 1.13. The highest BCUT2D eigenvalue weighted by Crippen LogP contribution is 2.42. The van der Waals surface area contributed by atoms with Crippen LogP contribution in [0.4, 0.5) is 17.1 Å². The fourth-order valence-electron chi connectivity index (χ4n) is 8.46. The molecule has 1 nitrogen and oxygen atoms in total. The SMILES string of the molecule is Cc1ccc(C(=Cc2ccc(N(c3ccc4c(c3)CCCC4)c3ccc(C=CC=C(c4ccccc4)c4ccccc4)c4ccccc34)cc2)c2ccc(C)cc2)cc1. The molecule has 8 aromatic carbocycles. The lowest BCUT2D eigenvalue weighted by molar-refractivity contribution is 0.685. The standard InChI is InChI=1S/C58H49N/c1-42-24-30-49(31-25-42)57(50-32-26-43(2)27-33-50)40-44-28-36-52(37-29-44)59(53-38-34-45-14-9-10-19-51(45)41-53)58-39-35-48(55-21-11-12-22-56(55)58)20-13-23-54(46-15-5-3-6-16-46)47-17-7-4-8-18-47/h3-8,11-13,15-18,20-41H,9-10,14,19H2,1-2H3. The monoisotopic (exact) mass is 759 g/mol. The Balaban J connectivity index is 1.13. The van der Waals surface area contributed by atoms with Gasteiger partial charge in [-0.1, -0.05) is 187 Å². The van der Waals surface area contributed by atoms with Crippen LogP contribution < -0.4 is 4.90 Å². The molecule has 0 fully saturated rings. The van der Waals surface area contributed by atoms with E-state index in [1.54, 1.807) is 0 Å². The smallest absolute Gasteiger partial charge is 0.0540 e. The topological polar surface area (TPSA) is 3.24 Å². The van der Waals surface area contributed by atoms with Gasteiger partial charge in [-0.05, 0) is 137 Å². The lowest BCUT2D eigenvalue weighted by atomic mass is 9.91. The van der Waals surface area contributed by atoms with E-state index in [0.29, 0.717) is 0 Å². The molecule has 286 valence electrons. The van der Waals surface area contributed by atoms with Crippen molar-refractivity contribution in [2.24, 2.45) is 0 Å². The molecule has 1 heteroatoms. The number of aryl methyl sites for hydroxylation is 4. The number of nitrogens with zero attached hydrogens (tertiary/aromatic N) is 1. The second-order valence-electron chi connectivity index (χ2n) is 15.8. The van der Waals surface area contributed by atoms with Gasteiger partial charge in [0.1, 0.15) is 0 Å². The number of rotatable bonds is 10. The Morgan fingerprint density at radius 2 is 1.00 bits per heavy atom. The van der Waals surface area contributed by atoms with Gasteiger partial charge in [0, 0.05) is 16.8 Å². The molecule has 0 atom stereocenters. The van der Waals surface area contributed by atoms with Crippen molar-refractivity contribution in [1.82, 2.24) is 0 Å². The van der Waals surface area contributed by atoms with Crippen LogP contribution in [-0.4, -0.2) is 0 Å². The van der Waals surface area contributed by atoms with Gasteiger partial charge >= 0.3 is 0 Å². The van der Waals surface area contributed by atoms with Gasteiger partial charge in [0.2, 0.25) is 0 Å². The fraction of sp³-hybridized carbons (Fsp3) is 0.103. The normalized spacial score (nSPS) is 12.2. The van der Waals surface area contributed by atoms with Gasteiger partial charge in [0.05, 0.1) is 5.69 Å². The molecule has 0 aliphatic heterocycles. The Hall–Kier alpha value is -6.96. The molecule has 1 aliphatic rings. The summed E-state index contributed by atoms with van der Waals surface area (Å²) in [4.78, 5) is 2.46. The first-order chi connectivity index (χ1) is 29.1. The number of hydrogen-bond acceptors (Lipinski definition) is 1. The van der Waals surface area contributed by atoms with Gasteiger partial charge in [-0.15, -0.1) is 0 Å². The van der Waals surface area contributed by atoms with E-state index in [2.05, 4.69) is 231 Å². The number of allylic oxidation sites excluding steroid dienone is 2. The molecule has 8 aromatic rings. The molecular formula is C58H49N. The third kappa shape index (κ3) is 8.38. The zero-order chi connectivity index (χ0) is 40.0. The van der Waals surface area contributed by atoms with Gasteiger partial charge in [-0.3, -0.25) is 0 Å². The van der Waals surface area contributed by atoms with Crippen molar-refractivity contribution in [3.63, 3.8) is 0 Å². The molecular weight excluding hydrogens is 711 g/mol. The van der Waals surface area contributed by atoms with Crippen LogP contribution in [0.1, 0.15) is 68.5 Å². The maximum atomic E-state index is 2.46. The Morgan fingerprint density at radius 3 is 1.63 bits per heavy atom. The Morgan fingerprint density at radius 1 is 0.458 bits per heavy atom.